The van der Waals surface area contributed by atoms with E-state index in [4.69, 9.17) is 0 Å². The third kappa shape index (κ3) is 2.78. The summed E-state index contributed by atoms with van der Waals surface area (Å²) in [5, 5.41) is 1.10. The van der Waals surface area contributed by atoms with Gasteiger partial charge in [-0.25, -0.2) is 0 Å². The molecule has 1 aliphatic rings. The molecule has 2 aromatic carbocycles. The van der Waals surface area contributed by atoms with Gasteiger partial charge in [0.2, 0.25) is 5.91 Å². The van der Waals surface area contributed by atoms with Crippen molar-refractivity contribution in [3.05, 3.63) is 71.9 Å². The Morgan fingerprint density at radius 3 is 2.92 bits per heavy atom. The number of hydrogen-bond acceptors (Lipinski definition) is 3. The molecule has 2 heterocycles. The topological polar surface area (TPSA) is 33.2 Å². The predicted octanol–water partition coefficient (Wildman–Crippen LogP) is 3.91. The van der Waals surface area contributed by atoms with Crippen LogP contribution in [0.5, 0.6) is 0 Å². The molecule has 1 aliphatic heterocycles. The molecule has 120 valence electrons. The summed E-state index contributed by atoms with van der Waals surface area (Å²) in [6.45, 7) is 0.606. The molecule has 4 heteroatoms. The quantitative estimate of drug-likeness (QED) is 0.728. The number of carbonyl (C=O) groups excluding carboxylic acids is 1. The Labute approximate surface area is 145 Å². The fourth-order valence-corrected chi connectivity index (χ4v) is 4.51. The monoisotopic (exact) mass is 334 g/mol. The molecule has 0 saturated carbocycles. The van der Waals surface area contributed by atoms with Crippen LogP contribution in [0.15, 0.2) is 65.7 Å². The highest BCUT2D eigenvalue weighted by Crippen LogP contribution is 2.37. The van der Waals surface area contributed by atoms with Crippen LogP contribution in [-0.4, -0.2) is 28.1 Å². The van der Waals surface area contributed by atoms with Gasteiger partial charge in [0.1, 0.15) is 0 Å². The molecule has 0 radical (unpaired) electrons. The molecule has 4 rings (SSSR count). The summed E-state index contributed by atoms with van der Waals surface area (Å²) in [4.78, 5) is 20.3. The van der Waals surface area contributed by atoms with Crippen molar-refractivity contribution in [2.45, 2.75) is 23.1 Å². The van der Waals surface area contributed by atoms with E-state index in [2.05, 4.69) is 29.2 Å². The minimum atomic E-state index is -0.0134. The SMILES string of the molecule is CN(Cc1cccc2ncccc12)C(=O)[C@@H]1Cc2ccccc2S1. The molecule has 0 saturated heterocycles. The van der Waals surface area contributed by atoms with Crippen molar-refractivity contribution in [2.75, 3.05) is 7.05 Å². The maximum atomic E-state index is 12.8. The normalized spacial score (nSPS) is 16.1. The van der Waals surface area contributed by atoms with Crippen LogP contribution in [0.25, 0.3) is 10.9 Å². The fraction of sp³-hybridized carbons (Fsp3) is 0.200. The number of thioether (sulfide) groups is 1. The minimum absolute atomic E-state index is 0.0134. The highest BCUT2D eigenvalue weighted by atomic mass is 32.2. The summed E-state index contributed by atoms with van der Waals surface area (Å²) in [5.41, 5.74) is 3.39. The van der Waals surface area contributed by atoms with Gasteiger partial charge in [-0.15, -0.1) is 11.8 Å². The van der Waals surface area contributed by atoms with E-state index in [1.807, 2.05) is 42.3 Å². The van der Waals surface area contributed by atoms with Gasteiger partial charge in [0, 0.05) is 30.1 Å². The maximum Gasteiger partial charge on any atom is 0.236 e. The molecular formula is C20H18N2OS. The van der Waals surface area contributed by atoms with E-state index < -0.39 is 0 Å². The lowest BCUT2D eigenvalue weighted by Gasteiger charge is -2.21. The second kappa shape index (κ2) is 6.29. The zero-order valence-electron chi connectivity index (χ0n) is 13.5. The molecule has 1 amide bonds. The van der Waals surface area contributed by atoms with E-state index in [0.717, 1.165) is 22.9 Å². The molecular weight excluding hydrogens is 316 g/mol. The average Bonchev–Trinajstić information content (AvgIpc) is 3.05. The standard InChI is InChI=1S/C20H18N2OS/c1-22(13-15-7-4-9-17-16(15)8-5-11-21-17)20(23)19-12-14-6-2-3-10-18(14)24-19/h2-11,19H,12-13H2,1H3/t19-/m0/s1. The van der Waals surface area contributed by atoms with Crippen LogP contribution in [0.3, 0.4) is 0 Å². The van der Waals surface area contributed by atoms with Crippen molar-refractivity contribution in [3.63, 3.8) is 0 Å². The first kappa shape index (κ1) is 15.2. The Morgan fingerprint density at radius 1 is 1.17 bits per heavy atom. The molecule has 0 aliphatic carbocycles. The first-order valence-electron chi connectivity index (χ1n) is 8.04. The molecule has 0 unspecified atom stereocenters. The van der Waals surface area contributed by atoms with Crippen molar-refractivity contribution in [1.82, 2.24) is 9.88 Å². The lowest BCUT2D eigenvalue weighted by molar-refractivity contribution is -0.129. The number of pyridine rings is 1. The van der Waals surface area contributed by atoms with E-state index in [0.29, 0.717) is 6.54 Å². The summed E-state index contributed by atoms with van der Waals surface area (Å²) in [5.74, 6) is 0.192. The molecule has 1 aromatic heterocycles. The number of carbonyl (C=O) groups is 1. The van der Waals surface area contributed by atoms with Gasteiger partial charge >= 0.3 is 0 Å². The summed E-state index contributed by atoms with van der Waals surface area (Å²) in [6.07, 6.45) is 2.62. The van der Waals surface area contributed by atoms with Crippen LogP contribution in [0, 0.1) is 0 Å². The van der Waals surface area contributed by atoms with Crippen molar-refractivity contribution in [2.24, 2.45) is 0 Å². The Morgan fingerprint density at radius 2 is 2.04 bits per heavy atom. The minimum Gasteiger partial charge on any atom is -0.340 e. The van der Waals surface area contributed by atoms with Gasteiger partial charge in [-0.3, -0.25) is 9.78 Å². The van der Waals surface area contributed by atoms with Crippen molar-refractivity contribution < 1.29 is 4.79 Å². The lowest BCUT2D eigenvalue weighted by atomic mass is 10.1. The number of nitrogens with zero attached hydrogens (tertiary/aromatic N) is 2. The summed E-state index contributed by atoms with van der Waals surface area (Å²) < 4.78 is 0. The van der Waals surface area contributed by atoms with Crippen molar-refractivity contribution >= 4 is 28.6 Å². The number of fused-ring (bicyclic) bond motifs is 2. The second-order valence-corrected chi connectivity index (χ2v) is 7.34. The van der Waals surface area contributed by atoms with E-state index in [1.165, 1.54) is 10.5 Å². The molecule has 1 atom stereocenters. The van der Waals surface area contributed by atoms with Crippen LogP contribution >= 0.6 is 11.8 Å². The van der Waals surface area contributed by atoms with E-state index in [1.54, 1.807) is 18.0 Å². The Hall–Kier alpha value is -2.33. The van der Waals surface area contributed by atoms with Crippen LogP contribution in [-0.2, 0) is 17.8 Å². The maximum absolute atomic E-state index is 12.8. The zero-order chi connectivity index (χ0) is 16.5. The number of benzene rings is 2. The van der Waals surface area contributed by atoms with Gasteiger partial charge < -0.3 is 4.90 Å². The molecule has 3 aromatic rings. The van der Waals surface area contributed by atoms with E-state index >= 15 is 0 Å². The van der Waals surface area contributed by atoms with Gasteiger partial charge in [-0.05, 0) is 35.7 Å². The third-order valence-electron chi connectivity index (χ3n) is 4.44. The predicted molar refractivity (Wildman–Crippen MR) is 98.0 cm³/mol. The van der Waals surface area contributed by atoms with Crippen LogP contribution in [0.2, 0.25) is 0 Å². The first-order valence-corrected chi connectivity index (χ1v) is 8.92. The van der Waals surface area contributed by atoms with Crippen LogP contribution in [0.1, 0.15) is 11.1 Å². The van der Waals surface area contributed by atoms with E-state index in [9.17, 15) is 4.79 Å². The fourth-order valence-electron chi connectivity index (χ4n) is 3.20. The molecule has 3 nitrogen and oxygen atoms in total. The molecule has 0 N–H and O–H groups in total. The van der Waals surface area contributed by atoms with Crippen molar-refractivity contribution in [1.29, 1.82) is 0 Å². The van der Waals surface area contributed by atoms with Gasteiger partial charge in [0.15, 0.2) is 0 Å². The summed E-state index contributed by atoms with van der Waals surface area (Å²) >= 11 is 1.68. The largest absolute Gasteiger partial charge is 0.340 e. The number of rotatable bonds is 3. The van der Waals surface area contributed by atoms with Crippen LogP contribution in [0.4, 0.5) is 0 Å². The molecule has 0 spiro atoms. The summed E-state index contributed by atoms with van der Waals surface area (Å²) in [6, 6.07) is 18.4. The summed E-state index contributed by atoms with van der Waals surface area (Å²) in [7, 11) is 1.89. The molecule has 0 bridgehead atoms. The lowest BCUT2D eigenvalue weighted by Crippen LogP contribution is -2.34. The highest BCUT2D eigenvalue weighted by molar-refractivity contribution is 8.01. The van der Waals surface area contributed by atoms with Crippen molar-refractivity contribution in [3.8, 4) is 0 Å². The average molecular weight is 334 g/mol. The number of aromatic nitrogens is 1. The highest BCUT2D eigenvalue weighted by Gasteiger charge is 2.30. The first-order chi connectivity index (χ1) is 11.7. The van der Waals surface area contributed by atoms with Gasteiger partial charge in [0.25, 0.3) is 0 Å². The number of amides is 1. The van der Waals surface area contributed by atoms with Gasteiger partial charge in [0.05, 0.1) is 10.8 Å². The van der Waals surface area contributed by atoms with Crippen LogP contribution < -0.4 is 0 Å². The smallest absolute Gasteiger partial charge is 0.236 e. The zero-order valence-corrected chi connectivity index (χ0v) is 14.3. The Bertz CT molecular complexity index is 879. The Kier molecular flexibility index (Phi) is 3.98. The Balaban J connectivity index is 1.52. The molecule has 0 fully saturated rings. The third-order valence-corrected chi connectivity index (χ3v) is 5.75. The molecule has 24 heavy (non-hydrogen) atoms. The number of hydrogen-bond donors (Lipinski definition) is 0. The van der Waals surface area contributed by atoms with Gasteiger partial charge in [-0.2, -0.15) is 0 Å². The second-order valence-electron chi connectivity index (χ2n) is 6.10. The van der Waals surface area contributed by atoms with Gasteiger partial charge in [-0.1, -0.05) is 36.4 Å². The van der Waals surface area contributed by atoms with E-state index in [-0.39, 0.29) is 11.2 Å².